The first-order valence-electron chi connectivity index (χ1n) is 10.6. The average Bonchev–Trinajstić information content (AvgIpc) is 3.10. The highest BCUT2D eigenvalue weighted by Gasteiger charge is 2.20. The van der Waals surface area contributed by atoms with E-state index in [-0.39, 0.29) is 11.5 Å². The predicted octanol–water partition coefficient (Wildman–Crippen LogP) is 3.98. The number of ether oxygens (including phenoxy) is 1. The molecule has 1 atom stereocenters. The van der Waals surface area contributed by atoms with E-state index in [9.17, 15) is 9.59 Å². The molecule has 2 aromatic heterocycles. The van der Waals surface area contributed by atoms with Crippen molar-refractivity contribution in [2.24, 2.45) is 5.92 Å². The number of methoxy groups -OCH3 is 1. The molecule has 0 saturated carbocycles. The Labute approximate surface area is 180 Å². The summed E-state index contributed by atoms with van der Waals surface area (Å²) in [6, 6.07) is 5.63. The van der Waals surface area contributed by atoms with Crippen molar-refractivity contribution in [1.29, 1.82) is 0 Å². The Morgan fingerprint density at radius 2 is 2.10 bits per heavy atom. The molecule has 1 fully saturated rings. The number of unbranched alkanes of at least 4 members (excludes halogenated alkanes) is 1. The quantitative estimate of drug-likeness (QED) is 0.460. The normalized spacial score (nSPS) is 17.0. The molecule has 7 nitrogen and oxygen atoms in total. The molecule has 30 heavy (non-hydrogen) atoms. The molecular formula is C22H28N4O3S. The third kappa shape index (κ3) is 4.01. The van der Waals surface area contributed by atoms with Crippen LogP contribution in [0, 0.1) is 10.7 Å². The van der Waals surface area contributed by atoms with E-state index in [1.807, 2.05) is 23.1 Å². The summed E-state index contributed by atoms with van der Waals surface area (Å²) in [6.07, 6.45) is 4.28. The zero-order valence-corrected chi connectivity index (χ0v) is 18.3. The van der Waals surface area contributed by atoms with Crippen LogP contribution >= 0.6 is 12.2 Å². The molecular weight excluding hydrogens is 400 g/mol. The van der Waals surface area contributed by atoms with Gasteiger partial charge in [-0.25, -0.2) is 0 Å². The van der Waals surface area contributed by atoms with Crippen LogP contribution in [0.3, 0.4) is 0 Å². The molecule has 3 aromatic rings. The summed E-state index contributed by atoms with van der Waals surface area (Å²) in [5.74, 6) is 1.53. The smallest absolute Gasteiger partial charge is 0.278 e. The molecule has 1 aromatic carbocycles. The Morgan fingerprint density at radius 1 is 1.27 bits per heavy atom. The number of hydrogen-bond donors (Lipinski definition) is 2. The summed E-state index contributed by atoms with van der Waals surface area (Å²) in [7, 11) is 1.61. The summed E-state index contributed by atoms with van der Waals surface area (Å²) < 4.78 is 7.27. The number of carbonyl (C=O) groups is 1. The van der Waals surface area contributed by atoms with E-state index in [0.29, 0.717) is 34.7 Å². The van der Waals surface area contributed by atoms with Gasteiger partial charge in [0.1, 0.15) is 11.3 Å². The van der Waals surface area contributed by atoms with E-state index in [1.54, 1.807) is 11.7 Å². The van der Waals surface area contributed by atoms with E-state index in [4.69, 9.17) is 17.0 Å². The summed E-state index contributed by atoms with van der Waals surface area (Å²) in [5.41, 5.74) is 1.92. The van der Waals surface area contributed by atoms with Crippen LogP contribution < -0.4 is 10.3 Å². The van der Waals surface area contributed by atoms with Gasteiger partial charge in [0.15, 0.2) is 4.77 Å². The summed E-state index contributed by atoms with van der Waals surface area (Å²) >= 11 is 5.46. The molecule has 2 N–H and O–H groups in total. The molecule has 1 unspecified atom stereocenters. The lowest BCUT2D eigenvalue weighted by Crippen LogP contribution is -2.39. The number of H-pyrrole nitrogens is 2. The standard InChI is InChI=1S/C22H28N4O3S/c1-14-6-5-10-25(13-14)18(27)7-3-4-11-26-21(28)20-19(24-22(26)30)16-12-15(29-2)8-9-17(16)23-20/h8-9,12,14,23H,3-7,10-11,13H2,1-2H3,(H,24,30). The van der Waals surface area contributed by atoms with Crippen molar-refractivity contribution < 1.29 is 9.53 Å². The second kappa shape index (κ2) is 8.63. The number of likely N-dealkylation sites (tertiary alicyclic amines) is 1. The average molecular weight is 429 g/mol. The number of nitrogens with zero attached hydrogens (tertiary/aromatic N) is 2. The van der Waals surface area contributed by atoms with Crippen LogP contribution in [0.1, 0.15) is 39.0 Å². The number of piperidine rings is 1. The van der Waals surface area contributed by atoms with Crippen LogP contribution in [-0.4, -0.2) is 45.5 Å². The molecule has 4 rings (SSSR count). The predicted molar refractivity (Wildman–Crippen MR) is 121 cm³/mol. The summed E-state index contributed by atoms with van der Waals surface area (Å²) in [4.78, 5) is 33.8. The Bertz CT molecular complexity index is 1190. The number of nitrogens with one attached hydrogen (secondary N) is 2. The lowest BCUT2D eigenvalue weighted by molar-refractivity contribution is -0.133. The maximum atomic E-state index is 13.0. The van der Waals surface area contributed by atoms with E-state index in [1.165, 1.54) is 6.42 Å². The Morgan fingerprint density at radius 3 is 2.87 bits per heavy atom. The molecule has 160 valence electrons. The van der Waals surface area contributed by atoms with Crippen molar-refractivity contribution >= 4 is 40.1 Å². The zero-order chi connectivity index (χ0) is 21.3. The van der Waals surface area contributed by atoms with Crippen LogP contribution in [0.5, 0.6) is 5.75 Å². The molecule has 0 spiro atoms. The largest absolute Gasteiger partial charge is 0.497 e. The van der Waals surface area contributed by atoms with Crippen molar-refractivity contribution in [1.82, 2.24) is 19.4 Å². The van der Waals surface area contributed by atoms with Gasteiger partial charge in [0.25, 0.3) is 5.56 Å². The molecule has 1 aliphatic rings. The van der Waals surface area contributed by atoms with Crippen LogP contribution in [-0.2, 0) is 11.3 Å². The minimum atomic E-state index is -0.139. The highest BCUT2D eigenvalue weighted by atomic mass is 32.1. The maximum absolute atomic E-state index is 13.0. The number of carbonyl (C=O) groups excluding carboxylic acids is 1. The summed E-state index contributed by atoms with van der Waals surface area (Å²) in [5, 5.41) is 0.876. The number of hydrogen-bond acceptors (Lipinski definition) is 4. The Balaban J connectivity index is 1.47. The van der Waals surface area contributed by atoms with Crippen molar-refractivity contribution in [3.8, 4) is 5.75 Å². The van der Waals surface area contributed by atoms with E-state index >= 15 is 0 Å². The van der Waals surface area contributed by atoms with Gasteiger partial charge >= 0.3 is 0 Å². The molecule has 1 saturated heterocycles. The summed E-state index contributed by atoms with van der Waals surface area (Å²) in [6.45, 7) is 4.43. The van der Waals surface area contributed by atoms with Gasteiger partial charge in [-0.3, -0.25) is 14.2 Å². The monoisotopic (exact) mass is 428 g/mol. The van der Waals surface area contributed by atoms with Crippen molar-refractivity contribution in [2.45, 2.75) is 45.6 Å². The Hall–Kier alpha value is -2.61. The molecule has 0 bridgehead atoms. The van der Waals surface area contributed by atoms with Gasteiger partial charge in [-0.15, -0.1) is 0 Å². The number of benzene rings is 1. The van der Waals surface area contributed by atoms with E-state index < -0.39 is 0 Å². The van der Waals surface area contributed by atoms with E-state index in [0.717, 1.165) is 49.0 Å². The molecule has 1 amide bonds. The van der Waals surface area contributed by atoms with Gasteiger partial charge in [-0.1, -0.05) is 6.92 Å². The third-order valence-corrected chi connectivity index (χ3v) is 6.30. The molecule has 0 aliphatic carbocycles. The lowest BCUT2D eigenvalue weighted by atomic mass is 10.00. The second-order valence-electron chi connectivity index (χ2n) is 8.22. The van der Waals surface area contributed by atoms with Gasteiger partial charge in [0.2, 0.25) is 5.91 Å². The third-order valence-electron chi connectivity index (χ3n) is 5.97. The first-order valence-corrected chi connectivity index (χ1v) is 11.0. The highest BCUT2D eigenvalue weighted by molar-refractivity contribution is 7.71. The van der Waals surface area contributed by atoms with Crippen LogP contribution in [0.2, 0.25) is 0 Å². The van der Waals surface area contributed by atoms with Crippen LogP contribution in [0.4, 0.5) is 0 Å². The number of aromatic nitrogens is 3. The highest BCUT2D eigenvalue weighted by Crippen LogP contribution is 2.26. The fraction of sp³-hybridized carbons (Fsp3) is 0.500. The zero-order valence-electron chi connectivity index (χ0n) is 17.5. The topological polar surface area (TPSA) is 83.1 Å². The van der Waals surface area contributed by atoms with Gasteiger partial charge in [0.05, 0.1) is 12.6 Å². The molecule has 8 heteroatoms. The van der Waals surface area contributed by atoms with Crippen molar-refractivity contribution in [3.05, 3.63) is 33.3 Å². The fourth-order valence-electron chi connectivity index (χ4n) is 4.31. The SMILES string of the molecule is COc1ccc2[nH]c3c(=O)n(CCCCC(=O)N4CCCC(C)C4)c(=S)[nH]c3c2c1. The lowest BCUT2D eigenvalue weighted by Gasteiger charge is -2.31. The van der Waals surface area contributed by atoms with E-state index in [2.05, 4.69) is 16.9 Å². The molecule has 0 radical (unpaired) electrons. The van der Waals surface area contributed by atoms with Gasteiger partial charge in [0, 0.05) is 37.0 Å². The first kappa shape index (κ1) is 20.7. The van der Waals surface area contributed by atoms with Crippen molar-refractivity contribution in [3.63, 3.8) is 0 Å². The number of fused-ring (bicyclic) bond motifs is 3. The Kier molecular flexibility index (Phi) is 5.94. The van der Waals surface area contributed by atoms with Gasteiger partial charge in [-0.05, 0) is 62.0 Å². The second-order valence-corrected chi connectivity index (χ2v) is 8.60. The minimum Gasteiger partial charge on any atom is -0.497 e. The number of aromatic amines is 2. The van der Waals surface area contributed by atoms with Crippen LogP contribution in [0.25, 0.3) is 21.9 Å². The van der Waals surface area contributed by atoms with Crippen LogP contribution in [0.15, 0.2) is 23.0 Å². The maximum Gasteiger partial charge on any atom is 0.278 e. The number of rotatable bonds is 6. The van der Waals surface area contributed by atoms with Crippen molar-refractivity contribution in [2.75, 3.05) is 20.2 Å². The number of amides is 1. The molecule has 1 aliphatic heterocycles. The first-order chi connectivity index (χ1) is 14.5. The fourth-order valence-corrected chi connectivity index (χ4v) is 4.59. The molecule has 3 heterocycles. The minimum absolute atomic E-state index is 0.139. The van der Waals surface area contributed by atoms with Gasteiger partial charge in [-0.2, -0.15) is 0 Å². The van der Waals surface area contributed by atoms with Gasteiger partial charge < -0.3 is 19.6 Å².